The molecule has 0 unspecified atom stereocenters. The molecule has 106 valence electrons. The Labute approximate surface area is 117 Å². The molecule has 1 aromatic carbocycles. The van der Waals surface area contributed by atoms with Crippen LogP contribution in [0.25, 0.3) is 11.3 Å². The van der Waals surface area contributed by atoms with Crippen LogP contribution < -0.4 is 16.8 Å². The lowest BCUT2D eigenvalue weighted by atomic mass is 10.1. The third-order valence-corrected chi connectivity index (χ3v) is 2.54. The minimum atomic E-state index is -0.481. The number of nitrogen functional groups attached to an aromatic ring is 2. The zero-order valence-electron chi connectivity index (χ0n) is 11.7. The van der Waals surface area contributed by atoms with Gasteiger partial charge in [0.05, 0.1) is 11.4 Å². The second-order valence-corrected chi connectivity index (χ2v) is 5.61. The second kappa shape index (κ2) is 4.96. The molecule has 0 aliphatic heterocycles. The van der Waals surface area contributed by atoms with Gasteiger partial charge in [0.2, 0.25) is 5.95 Å². The summed E-state index contributed by atoms with van der Waals surface area (Å²) in [5.74, 6) is 0.244. The van der Waals surface area contributed by atoms with E-state index < -0.39 is 5.82 Å². The van der Waals surface area contributed by atoms with Crippen LogP contribution in [0.15, 0.2) is 24.3 Å². The van der Waals surface area contributed by atoms with Crippen molar-refractivity contribution in [1.29, 1.82) is 0 Å². The minimum Gasteiger partial charge on any atom is -0.396 e. The lowest BCUT2D eigenvalue weighted by Gasteiger charge is -2.21. The quantitative estimate of drug-likeness (QED) is 0.733. The smallest absolute Gasteiger partial charge is 0.222 e. The molecule has 0 fully saturated rings. The van der Waals surface area contributed by atoms with Crippen molar-refractivity contribution in [3.63, 3.8) is 0 Å². The van der Waals surface area contributed by atoms with Crippen molar-refractivity contribution in [3.8, 4) is 11.3 Å². The number of rotatable bonds is 2. The molecule has 0 atom stereocenters. The monoisotopic (exact) mass is 275 g/mol. The second-order valence-electron chi connectivity index (χ2n) is 5.61. The van der Waals surface area contributed by atoms with Crippen molar-refractivity contribution in [2.24, 2.45) is 0 Å². The van der Waals surface area contributed by atoms with Crippen LogP contribution in [0.1, 0.15) is 20.8 Å². The Bertz CT molecular complexity index is 634. The first-order chi connectivity index (χ1) is 9.24. The number of nitrogens with zero attached hydrogens (tertiary/aromatic N) is 2. The Balaban J connectivity index is 2.43. The fraction of sp³-hybridized carbons (Fsp3) is 0.286. The maximum Gasteiger partial charge on any atom is 0.222 e. The van der Waals surface area contributed by atoms with E-state index in [0.717, 1.165) is 0 Å². The third kappa shape index (κ3) is 3.34. The van der Waals surface area contributed by atoms with E-state index in [4.69, 9.17) is 11.5 Å². The van der Waals surface area contributed by atoms with E-state index in [1.165, 1.54) is 12.1 Å². The van der Waals surface area contributed by atoms with E-state index in [-0.39, 0.29) is 17.2 Å². The molecule has 5 N–H and O–H groups in total. The number of anilines is 3. The zero-order chi connectivity index (χ0) is 14.9. The summed E-state index contributed by atoms with van der Waals surface area (Å²) in [4.78, 5) is 8.25. The molecule has 0 spiro atoms. The summed E-state index contributed by atoms with van der Waals surface area (Å²) in [5.41, 5.74) is 12.3. The number of hydrogen-bond acceptors (Lipinski definition) is 5. The molecule has 2 rings (SSSR count). The molecule has 0 saturated carbocycles. The standard InChI is InChI=1S/C14H18FN5/c1-14(2,3)20-12-7-11(18-13(17)19-12)8-4-5-10(16)9(15)6-8/h4-7H,16H2,1-3H3,(H3,17,18,19,20). The topological polar surface area (TPSA) is 89.8 Å². The average molecular weight is 275 g/mol. The summed E-state index contributed by atoms with van der Waals surface area (Å²) in [5, 5.41) is 3.21. The largest absolute Gasteiger partial charge is 0.396 e. The van der Waals surface area contributed by atoms with Gasteiger partial charge in [-0.3, -0.25) is 0 Å². The normalized spacial score (nSPS) is 11.4. The maximum absolute atomic E-state index is 13.5. The summed E-state index contributed by atoms with van der Waals surface area (Å²) >= 11 is 0. The van der Waals surface area contributed by atoms with Gasteiger partial charge in [0, 0.05) is 17.2 Å². The van der Waals surface area contributed by atoms with Gasteiger partial charge in [0.15, 0.2) is 0 Å². The van der Waals surface area contributed by atoms with E-state index in [1.807, 2.05) is 20.8 Å². The molecule has 0 aliphatic carbocycles. The molecule has 0 aliphatic rings. The van der Waals surface area contributed by atoms with Crippen molar-refractivity contribution < 1.29 is 4.39 Å². The molecule has 5 nitrogen and oxygen atoms in total. The third-order valence-electron chi connectivity index (χ3n) is 2.54. The maximum atomic E-state index is 13.5. The van der Waals surface area contributed by atoms with Crippen molar-refractivity contribution >= 4 is 17.5 Å². The average Bonchev–Trinajstić information content (AvgIpc) is 2.29. The Morgan fingerprint density at radius 2 is 1.80 bits per heavy atom. The fourth-order valence-electron chi connectivity index (χ4n) is 1.75. The zero-order valence-corrected chi connectivity index (χ0v) is 11.7. The van der Waals surface area contributed by atoms with Gasteiger partial charge in [-0.05, 0) is 32.9 Å². The molecule has 1 aromatic heterocycles. The molecule has 0 radical (unpaired) electrons. The van der Waals surface area contributed by atoms with Crippen LogP contribution in [-0.2, 0) is 0 Å². The van der Waals surface area contributed by atoms with E-state index >= 15 is 0 Å². The summed E-state index contributed by atoms with van der Waals surface area (Å²) in [7, 11) is 0. The van der Waals surface area contributed by atoms with Gasteiger partial charge in [-0.15, -0.1) is 0 Å². The van der Waals surface area contributed by atoms with Gasteiger partial charge < -0.3 is 16.8 Å². The van der Waals surface area contributed by atoms with Gasteiger partial charge in [0.1, 0.15) is 11.6 Å². The summed E-state index contributed by atoms with van der Waals surface area (Å²) < 4.78 is 13.5. The molecular formula is C14H18FN5. The highest BCUT2D eigenvalue weighted by molar-refractivity contribution is 5.66. The summed E-state index contributed by atoms with van der Waals surface area (Å²) in [6, 6.07) is 6.26. The highest BCUT2D eigenvalue weighted by Crippen LogP contribution is 2.24. The van der Waals surface area contributed by atoms with Crippen LogP contribution in [0.2, 0.25) is 0 Å². The van der Waals surface area contributed by atoms with Crippen molar-refractivity contribution in [3.05, 3.63) is 30.1 Å². The molecule has 20 heavy (non-hydrogen) atoms. The van der Waals surface area contributed by atoms with Gasteiger partial charge in [-0.2, -0.15) is 4.98 Å². The molecule has 2 aromatic rings. The SMILES string of the molecule is CC(C)(C)Nc1cc(-c2ccc(N)c(F)c2)nc(N)n1. The minimum absolute atomic E-state index is 0.101. The fourth-order valence-corrected chi connectivity index (χ4v) is 1.75. The molecular weight excluding hydrogens is 257 g/mol. The predicted molar refractivity (Wildman–Crippen MR) is 79.6 cm³/mol. The number of halogens is 1. The van der Waals surface area contributed by atoms with Gasteiger partial charge >= 0.3 is 0 Å². The summed E-state index contributed by atoms with van der Waals surface area (Å²) in [6.07, 6.45) is 0. The van der Waals surface area contributed by atoms with Crippen LogP contribution >= 0.6 is 0 Å². The lowest BCUT2D eigenvalue weighted by Crippen LogP contribution is -2.27. The Kier molecular flexibility index (Phi) is 3.48. The van der Waals surface area contributed by atoms with Crippen LogP contribution in [0.4, 0.5) is 21.8 Å². The lowest BCUT2D eigenvalue weighted by molar-refractivity contribution is 0.630. The van der Waals surface area contributed by atoms with E-state index in [9.17, 15) is 4.39 Å². The highest BCUT2D eigenvalue weighted by atomic mass is 19.1. The molecule has 6 heteroatoms. The van der Waals surface area contributed by atoms with Crippen LogP contribution in [0, 0.1) is 5.82 Å². The van der Waals surface area contributed by atoms with E-state index in [1.54, 1.807) is 12.1 Å². The van der Waals surface area contributed by atoms with Crippen molar-refractivity contribution in [1.82, 2.24) is 9.97 Å². The van der Waals surface area contributed by atoms with E-state index in [0.29, 0.717) is 17.1 Å². The number of nitrogens with one attached hydrogen (secondary N) is 1. The molecule has 0 saturated heterocycles. The number of benzene rings is 1. The Morgan fingerprint density at radius 3 is 2.40 bits per heavy atom. The molecule has 0 bridgehead atoms. The van der Waals surface area contributed by atoms with Crippen LogP contribution in [-0.4, -0.2) is 15.5 Å². The molecule has 1 heterocycles. The van der Waals surface area contributed by atoms with Crippen LogP contribution in [0.3, 0.4) is 0 Å². The van der Waals surface area contributed by atoms with Gasteiger partial charge in [-0.25, -0.2) is 9.37 Å². The Hall–Kier alpha value is -2.37. The predicted octanol–water partition coefficient (Wildman–Crippen LogP) is 2.66. The number of hydrogen-bond donors (Lipinski definition) is 3. The molecule has 0 amide bonds. The number of nitrogens with two attached hydrogens (primary N) is 2. The van der Waals surface area contributed by atoms with Crippen molar-refractivity contribution in [2.45, 2.75) is 26.3 Å². The van der Waals surface area contributed by atoms with Crippen LogP contribution in [0.5, 0.6) is 0 Å². The van der Waals surface area contributed by atoms with Gasteiger partial charge in [-0.1, -0.05) is 6.07 Å². The first kappa shape index (κ1) is 14.0. The first-order valence-electron chi connectivity index (χ1n) is 6.23. The first-order valence-corrected chi connectivity index (χ1v) is 6.23. The Morgan fingerprint density at radius 1 is 1.10 bits per heavy atom. The number of aromatic nitrogens is 2. The highest BCUT2D eigenvalue weighted by Gasteiger charge is 2.13. The summed E-state index contributed by atoms with van der Waals surface area (Å²) in [6.45, 7) is 6.02. The van der Waals surface area contributed by atoms with Gasteiger partial charge in [0.25, 0.3) is 0 Å². The van der Waals surface area contributed by atoms with E-state index in [2.05, 4.69) is 15.3 Å². The van der Waals surface area contributed by atoms with Crippen molar-refractivity contribution in [2.75, 3.05) is 16.8 Å².